The molecule has 0 atom stereocenters. The van der Waals surface area contributed by atoms with Gasteiger partial charge in [-0.2, -0.15) is 5.10 Å². The monoisotopic (exact) mass is 310 g/mol. The number of hydrazone groups is 1. The van der Waals surface area contributed by atoms with Gasteiger partial charge < -0.3 is 10.0 Å². The van der Waals surface area contributed by atoms with Gasteiger partial charge in [0.15, 0.2) is 0 Å². The summed E-state index contributed by atoms with van der Waals surface area (Å²) in [5.74, 6) is 1.32. The maximum atomic E-state index is 9.41. The summed E-state index contributed by atoms with van der Waals surface area (Å²) in [4.78, 5) is 6.70. The number of nitrogens with zero attached hydrogens (tertiary/aromatic N) is 4. The summed E-state index contributed by atoms with van der Waals surface area (Å²) >= 11 is 0. The summed E-state index contributed by atoms with van der Waals surface area (Å²) in [6.07, 6.45) is 2.70. The van der Waals surface area contributed by atoms with Crippen LogP contribution in [0.1, 0.15) is 18.9 Å². The molecule has 1 aromatic heterocycles. The van der Waals surface area contributed by atoms with Gasteiger partial charge in [-0.3, -0.25) is 5.01 Å². The number of rotatable bonds is 4. The van der Waals surface area contributed by atoms with Gasteiger partial charge in [0.25, 0.3) is 0 Å². The van der Waals surface area contributed by atoms with Crippen molar-refractivity contribution in [1.82, 2.24) is 9.99 Å². The number of hydrogen-bond donors (Lipinski definition) is 1. The lowest BCUT2D eigenvalue weighted by molar-refractivity contribution is 0.269. The molecule has 0 bridgehead atoms. The van der Waals surface area contributed by atoms with Gasteiger partial charge >= 0.3 is 0 Å². The van der Waals surface area contributed by atoms with E-state index in [1.807, 2.05) is 36.5 Å². The van der Waals surface area contributed by atoms with Crippen LogP contribution in [0.15, 0.2) is 53.8 Å². The molecule has 1 fully saturated rings. The number of pyridine rings is 1. The maximum absolute atomic E-state index is 9.41. The van der Waals surface area contributed by atoms with E-state index in [4.69, 9.17) is 5.10 Å². The van der Waals surface area contributed by atoms with Gasteiger partial charge in [-0.1, -0.05) is 13.0 Å². The molecule has 1 saturated heterocycles. The molecule has 2 aromatic rings. The van der Waals surface area contributed by atoms with Crippen molar-refractivity contribution in [1.29, 1.82) is 0 Å². The lowest BCUT2D eigenvalue weighted by Gasteiger charge is -2.34. The zero-order valence-electron chi connectivity index (χ0n) is 13.4. The molecule has 2 heterocycles. The van der Waals surface area contributed by atoms with Crippen LogP contribution in [0.4, 0.5) is 5.82 Å². The molecule has 120 valence electrons. The fraction of sp³-hybridized carbons (Fsp3) is 0.333. The fourth-order valence-electron chi connectivity index (χ4n) is 2.72. The first kappa shape index (κ1) is 15.3. The first-order chi connectivity index (χ1) is 11.3. The standard InChI is InChI=1S/C18H22N4O/c1-2-17(15-6-8-16(23)9-7-15)20-22-13-11-21(12-14-22)18-5-3-4-10-19-18/h3-10,23H,2,11-14H2,1H3/b20-17-. The van der Waals surface area contributed by atoms with E-state index >= 15 is 0 Å². The second-order valence-corrected chi connectivity index (χ2v) is 5.58. The number of piperazine rings is 1. The van der Waals surface area contributed by atoms with E-state index in [0.717, 1.165) is 49.7 Å². The Hall–Kier alpha value is -2.56. The minimum atomic E-state index is 0.285. The lowest BCUT2D eigenvalue weighted by Crippen LogP contribution is -2.44. The second kappa shape index (κ2) is 7.13. The van der Waals surface area contributed by atoms with Crippen LogP contribution in [0.3, 0.4) is 0 Å². The van der Waals surface area contributed by atoms with E-state index < -0.39 is 0 Å². The van der Waals surface area contributed by atoms with Gasteiger partial charge in [0.05, 0.1) is 18.8 Å². The second-order valence-electron chi connectivity index (χ2n) is 5.58. The van der Waals surface area contributed by atoms with Crippen LogP contribution >= 0.6 is 0 Å². The molecule has 1 aromatic carbocycles. The highest BCUT2D eigenvalue weighted by Crippen LogP contribution is 2.15. The number of aromatic nitrogens is 1. The summed E-state index contributed by atoms with van der Waals surface area (Å²) in [7, 11) is 0. The Balaban J connectivity index is 1.65. The van der Waals surface area contributed by atoms with Crippen molar-refractivity contribution in [2.24, 2.45) is 5.10 Å². The van der Waals surface area contributed by atoms with Crippen molar-refractivity contribution in [2.45, 2.75) is 13.3 Å². The maximum Gasteiger partial charge on any atom is 0.128 e. The molecule has 0 spiro atoms. The zero-order valence-corrected chi connectivity index (χ0v) is 13.4. The molecule has 5 heteroatoms. The third-order valence-corrected chi connectivity index (χ3v) is 4.03. The van der Waals surface area contributed by atoms with E-state index in [2.05, 4.69) is 21.8 Å². The predicted molar refractivity (Wildman–Crippen MR) is 93.0 cm³/mol. The summed E-state index contributed by atoms with van der Waals surface area (Å²) in [5, 5.41) is 16.3. The molecular weight excluding hydrogens is 288 g/mol. The Morgan fingerprint density at radius 3 is 2.43 bits per heavy atom. The van der Waals surface area contributed by atoms with Crippen LogP contribution < -0.4 is 4.90 Å². The molecule has 0 amide bonds. The van der Waals surface area contributed by atoms with Gasteiger partial charge in [-0.05, 0) is 48.4 Å². The van der Waals surface area contributed by atoms with Gasteiger partial charge in [-0.15, -0.1) is 0 Å². The van der Waals surface area contributed by atoms with Crippen LogP contribution in [-0.2, 0) is 0 Å². The average Bonchev–Trinajstić information content (AvgIpc) is 2.62. The Bertz CT molecular complexity index is 646. The first-order valence-corrected chi connectivity index (χ1v) is 8.04. The molecule has 0 aliphatic carbocycles. The van der Waals surface area contributed by atoms with Crippen molar-refractivity contribution >= 4 is 11.5 Å². The van der Waals surface area contributed by atoms with Crippen molar-refractivity contribution in [3.8, 4) is 5.75 Å². The average molecular weight is 310 g/mol. The molecule has 1 N–H and O–H groups in total. The van der Waals surface area contributed by atoms with Crippen molar-refractivity contribution in [3.05, 3.63) is 54.2 Å². The molecule has 5 nitrogen and oxygen atoms in total. The number of phenolic OH excluding ortho intramolecular Hbond substituents is 1. The molecule has 0 saturated carbocycles. The minimum absolute atomic E-state index is 0.285. The largest absolute Gasteiger partial charge is 0.508 e. The molecule has 1 aliphatic heterocycles. The van der Waals surface area contributed by atoms with Crippen LogP contribution in [0, 0.1) is 0 Å². The highest BCUT2D eigenvalue weighted by molar-refractivity contribution is 6.00. The number of benzene rings is 1. The summed E-state index contributed by atoms with van der Waals surface area (Å²) < 4.78 is 0. The van der Waals surface area contributed by atoms with Crippen LogP contribution in [-0.4, -0.2) is 47.0 Å². The van der Waals surface area contributed by atoms with E-state index in [1.165, 1.54) is 0 Å². The van der Waals surface area contributed by atoms with Gasteiger partial charge in [-0.25, -0.2) is 4.98 Å². The summed E-state index contributed by atoms with van der Waals surface area (Å²) in [5.41, 5.74) is 2.12. The Morgan fingerprint density at radius 1 is 1.09 bits per heavy atom. The highest BCUT2D eigenvalue weighted by Gasteiger charge is 2.17. The van der Waals surface area contributed by atoms with E-state index in [9.17, 15) is 5.11 Å². The summed E-state index contributed by atoms with van der Waals surface area (Å²) in [6.45, 7) is 5.73. The van der Waals surface area contributed by atoms with E-state index in [-0.39, 0.29) is 5.75 Å². The number of anilines is 1. The normalized spacial score (nSPS) is 15.8. The SMILES string of the molecule is CC/C(=N/N1CCN(c2ccccn2)CC1)c1ccc(O)cc1. The van der Waals surface area contributed by atoms with E-state index in [0.29, 0.717) is 0 Å². The van der Waals surface area contributed by atoms with E-state index in [1.54, 1.807) is 12.1 Å². The topological polar surface area (TPSA) is 52.0 Å². The number of aromatic hydroxyl groups is 1. The van der Waals surface area contributed by atoms with Crippen molar-refractivity contribution in [3.63, 3.8) is 0 Å². The van der Waals surface area contributed by atoms with Crippen LogP contribution in [0.25, 0.3) is 0 Å². The number of hydrogen-bond acceptors (Lipinski definition) is 5. The third kappa shape index (κ3) is 3.80. The lowest BCUT2D eigenvalue weighted by atomic mass is 10.1. The third-order valence-electron chi connectivity index (χ3n) is 4.03. The minimum Gasteiger partial charge on any atom is -0.508 e. The molecule has 3 rings (SSSR count). The Kier molecular flexibility index (Phi) is 4.76. The predicted octanol–water partition coefficient (Wildman–Crippen LogP) is 2.72. The highest BCUT2D eigenvalue weighted by atomic mass is 16.3. The van der Waals surface area contributed by atoms with Gasteiger partial charge in [0, 0.05) is 19.3 Å². The molecule has 23 heavy (non-hydrogen) atoms. The van der Waals surface area contributed by atoms with Crippen LogP contribution in [0.2, 0.25) is 0 Å². The Morgan fingerprint density at radius 2 is 1.83 bits per heavy atom. The fourth-order valence-corrected chi connectivity index (χ4v) is 2.72. The molecule has 0 radical (unpaired) electrons. The zero-order chi connectivity index (χ0) is 16.1. The van der Waals surface area contributed by atoms with Crippen molar-refractivity contribution < 1.29 is 5.11 Å². The Labute approximate surface area is 136 Å². The van der Waals surface area contributed by atoms with Gasteiger partial charge in [0.2, 0.25) is 0 Å². The first-order valence-electron chi connectivity index (χ1n) is 8.04. The smallest absolute Gasteiger partial charge is 0.128 e. The quantitative estimate of drug-likeness (QED) is 0.882. The molecule has 1 aliphatic rings. The van der Waals surface area contributed by atoms with Crippen LogP contribution in [0.5, 0.6) is 5.75 Å². The number of phenols is 1. The van der Waals surface area contributed by atoms with Crippen molar-refractivity contribution in [2.75, 3.05) is 31.1 Å². The van der Waals surface area contributed by atoms with Gasteiger partial charge in [0.1, 0.15) is 11.6 Å². The molecular formula is C18H22N4O. The molecule has 0 unspecified atom stereocenters. The summed E-state index contributed by atoms with van der Waals surface area (Å²) in [6, 6.07) is 13.3.